The smallest absolute Gasteiger partial charge is 0.253 e. The van der Waals surface area contributed by atoms with E-state index in [4.69, 9.17) is 11.6 Å². The summed E-state index contributed by atoms with van der Waals surface area (Å²) < 4.78 is 1.54. The number of nitrogens with zero attached hydrogens (tertiary/aromatic N) is 4. The van der Waals surface area contributed by atoms with Gasteiger partial charge in [0.15, 0.2) is 11.5 Å². The van der Waals surface area contributed by atoms with E-state index < -0.39 is 0 Å². The minimum Gasteiger partial charge on any atom is -0.382 e. The van der Waals surface area contributed by atoms with Crippen LogP contribution in [0.4, 0.5) is 5.82 Å². The number of nitrogens with two attached hydrogens (primary N) is 2. The quantitative estimate of drug-likeness (QED) is 0.309. The molecule has 15 heavy (non-hydrogen) atoms. The Hall–Kier alpha value is -2.22. The zero-order valence-corrected chi connectivity index (χ0v) is 7.71. The summed E-state index contributed by atoms with van der Waals surface area (Å²) in [5, 5.41) is 0. The molecule has 0 unspecified atom stereocenters. The average Bonchev–Trinajstić information content (AvgIpc) is 2.63. The van der Waals surface area contributed by atoms with Crippen LogP contribution in [0.15, 0.2) is 12.7 Å². The van der Waals surface area contributed by atoms with E-state index in [9.17, 15) is 4.79 Å². The van der Waals surface area contributed by atoms with Crippen LogP contribution in [0.3, 0.4) is 0 Å². The van der Waals surface area contributed by atoms with Crippen LogP contribution in [0.2, 0.25) is 0 Å². The molecule has 2 rings (SSSR count). The first-order valence-corrected chi connectivity index (χ1v) is 4.13. The molecule has 0 bridgehead atoms. The number of hydrogen-bond acceptors (Lipinski definition) is 6. The zero-order valence-electron chi connectivity index (χ0n) is 7.71. The fourth-order valence-corrected chi connectivity index (χ4v) is 1.21. The summed E-state index contributed by atoms with van der Waals surface area (Å²) in [7, 11) is 0. The molecule has 0 saturated heterocycles. The number of carbonyl (C=O) groups excluding carboxylic acids is 1. The number of amides is 1. The first-order valence-electron chi connectivity index (χ1n) is 4.13. The molecule has 0 saturated carbocycles. The number of hydrazine groups is 1. The van der Waals surface area contributed by atoms with Crippen LogP contribution in [0.5, 0.6) is 0 Å². The van der Waals surface area contributed by atoms with E-state index >= 15 is 0 Å². The van der Waals surface area contributed by atoms with Gasteiger partial charge in [-0.25, -0.2) is 20.8 Å². The van der Waals surface area contributed by atoms with Crippen LogP contribution in [-0.2, 0) is 11.3 Å². The van der Waals surface area contributed by atoms with Gasteiger partial charge < -0.3 is 10.3 Å². The SMILES string of the molecule is NNC(=O)Cn1cnc2c(N)ncnc21. The lowest BCUT2D eigenvalue weighted by atomic mass is 10.5. The van der Waals surface area contributed by atoms with Crippen molar-refractivity contribution in [3.63, 3.8) is 0 Å². The number of nitrogens with one attached hydrogen (secondary N) is 1. The number of anilines is 1. The highest BCUT2D eigenvalue weighted by atomic mass is 16.2. The van der Waals surface area contributed by atoms with Gasteiger partial charge in [-0.3, -0.25) is 10.2 Å². The molecular formula is C7H9N7O. The minimum atomic E-state index is -0.341. The third-order valence-electron chi connectivity index (χ3n) is 1.90. The van der Waals surface area contributed by atoms with Crippen molar-refractivity contribution in [3.8, 4) is 0 Å². The summed E-state index contributed by atoms with van der Waals surface area (Å²) in [5.41, 5.74) is 8.58. The van der Waals surface area contributed by atoms with Gasteiger partial charge in [-0.15, -0.1) is 0 Å². The molecule has 8 nitrogen and oxygen atoms in total. The second-order valence-corrected chi connectivity index (χ2v) is 2.87. The molecule has 2 aromatic heterocycles. The fourth-order valence-electron chi connectivity index (χ4n) is 1.21. The highest BCUT2D eigenvalue weighted by Gasteiger charge is 2.09. The number of imidazole rings is 1. The van der Waals surface area contributed by atoms with E-state index in [1.807, 2.05) is 5.43 Å². The van der Waals surface area contributed by atoms with Crippen LogP contribution in [-0.4, -0.2) is 25.4 Å². The average molecular weight is 207 g/mol. The van der Waals surface area contributed by atoms with Crippen molar-refractivity contribution < 1.29 is 4.79 Å². The maximum atomic E-state index is 11.0. The van der Waals surface area contributed by atoms with Crippen LogP contribution in [0.1, 0.15) is 0 Å². The Morgan fingerprint density at radius 1 is 1.47 bits per heavy atom. The summed E-state index contributed by atoms with van der Waals surface area (Å²) in [6, 6.07) is 0. The lowest BCUT2D eigenvalue weighted by Gasteiger charge is -2.01. The summed E-state index contributed by atoms with van der Waals surface area (Å²) in [6.07, 6.45) is 2.78. The monoisotopic (exact) mass is 207 g/mol. The summed E-state index contributed by atoms with van der Waals surface area (Å²) in [4.78, 5) is 22.8. The topological polar surface area (TPSA) is 125 Å². The summed E-state index contributed by atoms with van der Waals surface area (Å²) in [5.74, 6) is 4.91. The zero-order chi connectivity index (χ0) is 10.8. The molecule has 2 heterocycles. The number of rotatable bonds is 2. The maximum absolute atomic E-state index is 11.0. The Bertz CT molecular complexity index is 505. The van der Waals surface area contributed by atoms with Crippen LogP contribution < -0.4 is 17.0 Å². The number of fused-ring (bicyclic) bond motifs is 1. The fraction of sp³-hybridized carbons (Fsp3) is 0.143. The van der Waals surface area contributed by atoms with Gasteiger partial charge >= 0.3 is 0 Å². The van der Waals surface area contributed by atoms with Crippen molar-refractivity contribution in [1.82, 2.24) is 24.9 Å². The van der Waals surface area contributed by atoms with E-state index in [-0.39, 0.29) is 18.3 Å². The molecule has 78 valence electrons. The maximum Gasteiger partial charge on any atom is 0.253 e. The molecule has 0 aliphatic heterocycles. The van der Waals surface area contributed by atoms with Crippen molar-refractivity contribution in [2.24, 2.45) is 5.84 Å². The molecule has 1 amide bonds. The second-order valence-electron chi connectivity index (χ2n) is 2.87. The Morgan fingerprint density at radius 3 is 3.00 bits per heavy atom. The van der Waals surface area contributed by atoms with Gasteiger partial charge in [0.2, 0.25) is 0 Å². The molecule has 0 radical (unpaired) electrons. The Kier molecular flexibility index (Phi) is 2.18. The molecule has 8 heteroatoms. The molecular weight excluding hydrogens is 198 g/mol. The van der Waals surface area contributed by atoms with Gasteiger partial charge in [0, 0.05) is 0 Å². The van der Waals surface area contributed by atoms with Gasteiger partial charge in [-0.1, -0.05) is 0 Å². The summed E-state index contributed by atoms with van der Waals surface area (Å²) >= 11 is 0. The van der Waals surface area contributed by atoms with Crippen molar-refractivity contribution in [2.45, 2.75) is 6.54 Å². The van der Waals surface area contributed by atoms with Crippen LogP contribution in [0, 0.1) is 0 Å². The van der Waals surface area contributed by atoms with Crippen molar-refractivity contribution >= 4 is 22.9 Å². The lowest BCUT2D eigenvalue weighted by Crippen LogP contribution is -2.33. The van der Waals surface area contributed by atoms with Gasteiger partial charge in [0.25, 0.3) is 5.91 Å². The molecule has 5 N–H and O–H groups in total. The number of aromatic nitrogens is 4. The predicted octanol–water partition coefficient (Wildman–Crippen LogP) is -1.60. The normalized spacial score (nSPS) is 10.5. The number of hydrogen-bond donors (Lipinski definition) is 3. The van der Waals surface area contributed by atoms with Crippen LogP contribution >= 0.6 is 0 Å². The standard InChI is InChI=1S/C7H9N7O/c8-6-5-7(11-2-10-6)14(3-12-5)1-4(15)13-9/h2-3H,1,9H2,(H,13,15)(H2,8,10,11). The number of nitrogen functional groups attached to an aromatic ring is 1. The Balaban J connectivity index is 2.45. The van der Waals surface area contributed by atoms with E-state index in [1.165, 1.54) is 17.2 Å². The number of carbonyl (C=O) groups is 1. The van der Waals surface area contributed by atoms with Crippen molar-refractivity contribution in [2.75, 3.05) is 5.73 Å². The highest BCUT2D eigenvalue weighted by molar-refractivity contribution is 5.83. The molecule has 0 aliphatic rings. The second kappa shape index (κ2) is 3.50. The lowest BCUT2D eigenvalue weighted by molar-refractivity contribution is -0.121. The van der Waals surface area contributed by atoms with Crippen molar-refractivity contribution in [1.29, 1.82) is 0 Å². The van der Waals surface area contributed by atoms with Gasteiger partial charge in [0.1, 0.15) is 18.4 Å². The predicted molar refractivity (Wildman–Crippen MR) is 52.1 cm³/mol. The van der Waals surface area contributed by atoms with Crippen molar-refractivity contribution in [3.05, 3.63) is 12.7 Å². The largest absolute Gasteiger partial charge is 0.382 e. The molecule has 0 atom stereocenters. The molecule has 0 aliphatic carbocycles. The Morgan fingerprint density at radius 2 is 2.27 bits per heavy atom. The van der Waals surface area contributed by atoms with E-state index in [0.717, 1.165) is 0 Å². The van der Waals surface area contributed by atoms with E-state index in [1.54, 1.807) is 0 Å². The molecule has 0 fully saturated rings. The Labute approximate surface area is 84.3 Å². The van der Waals surface area contributed by atoms with E-state index in [0.29, 0.717) is 11.2 Å². The van der Waals surface area contributed by atoms with Gasteiger partial charge in [-0.2, -0.15) is 0 Å². The van der Waals surface area contributed by atoms with Gasteiger partial charge in [0.05, 0.1) is 6.33 Å². The van der Waals surface area contributed by atoms with Crippen LogP contribution in [0.25, 0.3) is 11.2 Å². The molecule has 2 aromatic rings. The minimum absolute atomic E-state index is 0.0451. The molecule has 0 aromatic carbocycles. The van der Waals surface area contributed by atoms with Gasteiger partial charge in [-0.05, 0) is 0 Å². The third-order valence-corrected chi connectivity index (χ3v) is 1.90. The third kappa shape index (κ3) is 1.57. The molecule has 0 spiro atoms. The first-order chi connectivity index (χ1) is 7.22. The highest BCUT2D eigenvalue weighted by Crippen LogP contribution is 2.13. The first kappa shape index (κ1) is 9.34. The summed E-state index contributed by atoms with van der Waals surface area (Å²) in [6.45, 7) is 0.0451. The van der Waals surface area contributed by atoms with E-state index in [2.05, 4.69) is 15.0 Å².